The number of carbonyl (C=O) groups excluding carboxylic acids is 2. The van der Waals surface area contributed by atoms with Gasteiger partial charge in [-0.05, 0) is 36.0 Å². The van der Waals surface area contributed by atoms with Gasteiger partial charge in [0.05, 0.1) is 5.56 Å². The fourth-order valence-corrected chi connectivity index (χ4v) is 2.82. The van der Waals surface area contributed by atoms with Crippen LogP contribution in [0.2, 0.25) is 0 Å². The van der Waals surface area contributed by atoms with Crippen molar-refractivity contribution < 1.29 is 22.8 Å². The number of nitrogens with zero attached hydrogens (tertiary/aromatic N) is 1. The van der Waals surface area contributed by atoms with Crippen molar-refractivity contribution in [3.05, 3.63) is 35.4 Å². The second-order valence-corrected chi connectivity index (χ2v) is 7.03. The topological polar surface area (TPSA) is 49.4 Å². The van der Waals surface area contributed by atoms with Crippen LogP contribution in [0.15, 0.2) is 24.3 Å². The molecule has 0 saturated heterocycles. The summed E-state index contributed by atoms with van der Waals surface area (Å²) in [5, 5.41) is 2.78. The van der Waals surface area contributed by atoms with E-state index in [-0.39, 0.29) is 29.6 Å². The molecule has 0 heterocycles. The molecule has 3 unspecified atom stereocenters. The Morgan fingerprint density at radius 3 is 2.16 bits per heavy atom. The van der Waals surface area contributed by atoms with Crippen molar-refractivity contribution in [1.29, 1.82) is 0 Å². The molecule has 0 bridgehead atoms. The molecule has 0 radical (unpaired) electrons. The lowest BCUT2D eigenvalue weighted by atomic mass is 10.0. The summed E-state index contributed by atoms with van der Waals surface area (Å²) in [5.74, 6) is -0.839. The van der Waals surface area contributed by atoms with E-state index in [0.29, 0.717) is 12.0 Å². The molecular formula is C18H23F3N2O2. The highest BCUT2D eigenvalue weighted by Crippen LogP contribution is 2.48. The number of rotatable bonds is 5. The number of benzene rings is 1. The highest BCUT2D eigenvalue weighted by Gasteiger charge is 2.45. The van der Waals surface area contributed by atoms with Crippen LogP contribution in [0.1, 0.15) is 37.3 Å². The molecule has 1 saturated carbocycles. The zero-order valence-electron chi connectivity index (χ0n) is 14.7. The molecule has 0 aliphatic heterocycles. The van der Waals surface area contributed by atoms with Gasteiger partial charge < -0.3 is 10.2 Å². The van der Waals surface area contributed by atoms with E-state index >= 15 is 0 Å². The number of amides is 2. The molecule has 1 N–H and O–H groups in total. The van der Waals surface area contributed by atoms with Gasteiger partial charge in [0.15, 0.2) is 0 Å². The van der Waals surface area contributed by atoms with Gasteiger partial charge in [0.2, 0.25) is 11.8 Å². The summed E-state index contributed by atoms with van der Waals surface area (Å²) < 4.78 is 37.8. The van der Waals surface area contributed by atoms with E-state index in [1.165, 1.54) is 17.0 Å². The van der Waals surface area contributed by atoms with Crippen LogP contribution in [0.25, 0.3) is 0 Å². The average molecular weight is 356 g/mol. The molecule has 1 aliphatic carbocycles. The lowest BCUT2D eigenvalue weighted by Crippen LogP contribution is -2.49. The summed E-state index contributed by atoms with van der Waals surface area (Å²) in [4.78, 5) is 26.0. The molecule has 1 aromatic rings. The number of carbonyl (C=O) groups is 2. The number of alkyl halides is 3. The largest absolute Gasteiger partial charge is 0.416 e. The Labute approximate surface area is 145 Å². The number of hydrogen-bond acceptors (Lipinski definition) is 2. The molecule has 2 amide bonds. The lowest BCUT2D eigenvalue weighted by molar-refractivity contribution is -0.137. The smallest absolute Gasteiger partial charge is 0.347 e. The van der Waals surface area contributed by atoms with E-state index in [9.17, 15) is 22.8 Å². The predicted octanol–water partition coefficient (Wildman–Crippen LogP) is 3.04. The van der Waals surface area contributed by atoms with Crippen LogP contribution >= 0.6 is 0 Å². The molecule has 1 aliphatic rings. The third-order valence-corrected chi connectivity index (χ3v) is 4.46. The van der Waals surface area contributed by atoms with E-state index in [2.05, 4.69) is 5.32 Å². The predicted molar refractivity (Wildman–Crippen MR) is 87.8 cm³/mol. The highest BCUT2D eigenvalue weighted by atomic mass is 19.4. The molecule has 4 nitrogen and oxygen atoms in total. The van der Waals surface area contributed by atoms with Crippen molar-refractivity contribution in [2.24, 2.45) is 11.8 Å². The third-order valence-electron chi connectivity index (χ3n) is 4.46. The highest BCUT2D eigenvalue weighted by molar-refractivity contribution is 5.90. The molecule has 3 atom stereocenters. The normalized spacial score (nSPS) is 21.0. The summed E-state index contributed by atoms with van der Waals surface area (Å²) in [5.41, 5.74) is 0.0162. The summed E-state index contributed by atoms with van der Waals surface area (Å²) in [6.45, 7) is 3.71. The minimum absolute atomic E-state index is 0.0536. The van der Waals surface area contributed by atoms with Crippen molar-refractivity contribution in [2.75, 3.05) is 14.1 Å². The van der Waals surface area contributed by atoms with Crippen molar-refractivity contribution in [1.82, 2.24) is 10.2 Å². The summed E-state index contributed by atoms with van der Waals surface area (Å²) in [6, 6.07) is 4.32. The van der Waals surface area contributed by atoms with E-state index in [1.54, 1.807) is 14.1 Å². The van der Waals surface area contributed by atoms with Crippen LogP contribution in [0, 0.1) is 11.8 Å². The van der Waals surface area contributed by atoms with Crippen molar-refractivity contribution in [2.45, 2.75) is 38.4 Å². The Morgan fingerprint density at radius 2 is 1.72 bits per heavy atom. The Balaban J connectivity index is 2.00. The number of hydrogen-bond donors (Lipinski definition) is 1. The first-order chi connectivity index (χ1) is 11.5. The van der Waals surface area contributed by atoms with Crippen molar-refractivity contribution in [3.8, 4) is 0 Å². The number of halogens is 3. The molecule has 25 heavy (non-hydrogen) atoms. The van der Waals surface area contributed by atoms with E-state index < -0.39 is 17.8 Å². The second kappa shape index (κ2) is 7.06. The number of likely N-dealkylation sites (N-methyl/N-ethyl adjacent to an activating group) is 1. The molecule has 0 spiro atoms. The molecule has 2 rings (SSSR count). The van der Waals surface area contributed by atoms with Crippen molar-refractivity contribution >= 4 is 11.8 Å². The fraction of sp³-hybridized carbons (Fsp3) is 0.556. The molecule has 138 valence electrons. The van der Waals surface area contributed by atoms with Gasteiger partial charge in [-0.2, -0.15) is 13.2 Å². The van der Waals surface area contributed by atoms with Gasteiger partial charge in [0.1, 0.15) is 6.04 Å². The van der Waals surface area contributed by atoms with Crippen LogP contribution in [0.5, 0.6) is 0 Å². The maximum Gasteiger partial charge on any atom is 0.416 e. The lowest BCUT2D eigenvalue weighted by Gasteiger charge is -2.24. The maximum atomic E-state index is 12.6. The first-order valence-electron chi connectivity index (χ1n) is 8.21. The van der Waals surface area contributed by atoms with E-state index in [1.807, 2.05) is 13.8 Å². The molecule has 0 aromatic heterocycles. The molecule has 7 heteroatoms. The first-order valence-corrected chi connectivity index (χ1v) is 8.21. The van der Waals surface area contributed by atoms with E-state index in [0.717, 1.165) is 12.1 Å². The summed E-state index contributed by atoms with van der Waals surface area (Å²) in [6.07, 6.45) is -3.78. The van der Waals surface area contributed by atoms with Gasteiger partial charge in [-0.15, -0.1) is 0 Å². The first kappa shape index (κ1) is 19.3. The van der Waals surface area contributed by atoms with Gasteiger partial charge in [-0.25, -0.2) is 0 Å². The Kier molecular flexibility index (Phi) is 5.44. The molecule has 1 aromatic carbocycles. The van der Waals surface area contributed by atoms with Crippen LogP contribution in [-0.4, -0.2) is 36.9 Å². The van der Waals surface area contributed by atoms with Gasteiger partial charge >= 0.3 is 6.18 Å². The zero-order valence-corrected chi connectivity index (χ0v) is 14.7. The SMILES string of the molecule is CC(C)C(NC(=O)C1CC1c1ccc(C(F)(F)F)cc1)C(=O)N(C)C. The minimum Gasteiger partial charge on any atom is -0.347 e. The standard InChI is InChI=1S/C18H23F3N2O2/c1-10(2)15(17(25)23(3)4)22-16(24)14-9-13(14)11-5-7-12(8-6-11)18(19,20)21/h5-8,10,13-15H,9H2,1-4H3,(H,22,24). The Morgan fingerprint density at radius 1 is 1.16 bits per heavy atom. The third kappa shape index (κ3) is 4.52. The average Bonchev–Trinajstić information content (AvgIpc) is 3.31. The Bertz CT molecular complexity index is 639. The molecular weight excluding hydrogens is 333 g/mol. The van der Waals surface area contributed by atoms with Gasteiger partial charge in [0, 0.05) is 20.0 Å². The van der Waals surface area contributed by atoms with Crippen LogP contribution in [-0.2, 0) is 15.8 Å². The zero-order chi connectivity index (χ0) is 18.9. The quantitative estimate of drug-likeness (QED) is 0.882. The van der Waals surface area contributed by atoms with Crippen LogP contribution in [0.4, 0.5) is 13.2 Å². The maximum absolute atomic E-state index is 12.6. The minimum atomic E-state index is -4.37. The van der Waals surface area contributed by atoms with Gasteiger partial charge in [-0.1, -0.05) is 26.0 Å². The Hall–Kier alpha value is -2.05. The summed E-state index contributed by atoms with van der Waals surface area (Å²) in [7, 11) is 3.26. The van der Waals surface area contributed by atoms with Gasteiger partial charge in [0.25, 0.3) is 0 Å². The monoisotopic (exact) mass is 356 g/mol. The van der Waals surface area contributed by atoms with Gasteiger partial charge in [-0.3, -0.25) is 9.59 Å². The van der Waals surface area contributed by atoms with E-state index in [4.69, 9.17) is 0 Å². The van der Waals surface area contributed by atoms with Crippen molar-refractivity contribution in [3.63, 3.8) is 0 Å². The van der Waals surface area contributed by atoms with Crippen LogP contribution in [0.3, 0.4) is 0 Å². The number of nitrogens with one attached hydrogen (secondary N) is 1. The summed E-state index contributed by atoms with van der Waals surface area (Å²) >= 11 is 0. The second-order valence-electron chi connectivity index (χ2n) is 7.03. The van der Waals surface area contributed by atoms with Crippen LogP contribution < -0.4 is 5.32 Å². The molecule has 1 fully saturated rings. The fourth-order valence-electron chi connectivity index (χ4n) is 2.82.